The number of carbonyl (C=O) groups excluding carboxylic acids is 2. The molecule has 0 bridgehead atoms. The van der Waals surface area contributed by atoms with E-state index in [4.69, 9.17) is 23.2 Å². The third-order valence-electron chi connectivity index (χ3n) is 3.41. The summed E-state index contributed by atoms with van der Waals surface area (Å²) in [6, 6.07) is 3.83. The van der Waals surface area contributed by atoms with E-state index < -0.39 is 11.9 Å². The highest BCUT2D eigenvalue weighted by atomic mass is 35.5. The van der Waals surface area contributed by atoms with E-state index in [2.05, 4.69) is 20.8 Å². The van der Waals surface area contributed by atoms with Crippen LogP contribution in [0.2, 0.25) is 10.0 Å². The van der Waals surface area contributed by atoms with Gasteiger partial charge in [-0.05, 0) is 30.5 Å². The second-order valence-electron chi connectivity index (χ2n) is 5.66. The number of anilines is 1. The molecule has 0 unspecified atom stereocenters. The predicted molar refractivity (Wildman–Crippen MR) is 100 cm³/mol. The van der Waals surface area contributed by atoms with Gasteiger partial charge >= 0.3 is 0 Å². The minimum absolute atomic E-state index is 0.131. The van der Waals surface area contributed by atoms with Gasteiger partial charge in [-0.25, -0.2) is 0 Å². The smallest absolute Gasteiger partial charge is 0.253 e. The van der Waals surface area contributed by atoms with Crippen LogP contribution in [0.1, 0.15) is 36.1 Å². The maximum absolute atomic E-state index is 12.5. The predicted octanol–water partition coefficient (Wildman–Crippen LogP) is 3.80. The second kappa shape index (κ2) is 8.60. The van der Waals surface area contributed by atoms with Gasteiger partial charge in [0.2, 0.25) is 11.0 Å². The van der Waals surface area contributed by atoms with Crippen LogP contribution in [0.5, 0.6) is 0 Å². The summed E-state index contributed by atoms with van der Waals surface area (Å²) in [4.78, 5) is 25.0. The minimum Gasteiger partial charge on any atom is -0.340 e. The highest BCUT2D eigenvalue weighted by Gasteiger charge is 2.26. The molecule has 2 N–H and O–H groups in total. The van der Waals surface area contributed by atoms with Gasteiger partial charge < -0.3 is 5.32 Å². The summed E-state index contributed by atoms with van der Waals surface area (Å²) in [5.41, 5.74) is 0.258. The van der Waals surface area contributed by atoms with Crippen molar-refractivity contribution < 1.29 is 9.59 Å². The van der Waals surface area contributed by atoms with Crippen molar-refractivity contribution >= 4 is 51.5 Å². The molecule has 0 saturated heterocycles. The van der Waals surface area contributed by atoms with E-state index in [9.17, 15) is 9.59 Å². The maximum Gasteiger partial charge on any atom is 0.253 e. The fourth-order valence-electron chi connectivity index (χ4n) is 2.06. The molecule has 0 aliphatic rings. The highest BCUT2D eigenvalue weighted by molar-refractivity contribution is 7.15. The lowest BCUT2D eigenvalue weighted by molar-refractivity contribution is -0.118. The van der Waals surface area contributed by atoms with Crippen molar-refractivity contribution in [2.75, 3.05) is 5.32 Å². The zero-order valence-corrected chi connectivity index (χ0v) is 16.3. The first-order chi connectivity index (χ1) is 11.8. The van der Waals surface area contributed by atoms with E-state index in [-0.39, 0.29) is 22.4 Å². The Kier molecular flexibility index (Phi) is 6.75. The topological polar surface area (TPSA) is 84.0 Å². The van der Waals surface area contributed by atoms with Crippen LogP contribution in [0.4, 0.5) is 5.13 Å². The van der Waals surface area contributed by atoms with Crippen LogP contribution in [0.15, 0.2) is 18.2 Å². The normalized spacial score (nSPS) is 12.1. The standard InChI is InChI=1S/C16H18Cl2N4O2S/c1-4-12-21-22-16(25-12)20-15(24)13(8(2)3)19-14(23)10-6-5-9(17)7-11(10)18/h5-8,13H,4H2,1-3H3,(H,19,23)(H,20,22,24)/t13-/m0/s1. The number of benzene rings is 1. The summed E-state index contributed by atoms with van der Waals surface area (Å²) in [5.74, 6) is -0.928. The van der Waals surface area contributed by atoms with E-state index in [0.717, 1.165) is 11.4 Å². The number of halogens is 2. The molecule has 134 valence electrons. The van der Waals surface area contributed by atoms with Gasteiger partial charge in [-0.3, -0.25) is 14.9 Å². The van der Waals surface area contributed by atoms with Crippen molar-refractivity contribution in [3.8, 4) is 0 Å². The Balaban J connectivity index is 2.11. The second-order valence-corrected chi connectivity index (χ2v) is 7.57. The molecule has 0 aliphatic heterocycles. The molecule has 1 aromatic carbocycles. The lowest BCUT2D eigenvalue weighted by atomic mass is 10.0. The van der Waals surface area contributed by atoms with E-state index >= 15 is 0 Å². The highest BCUT2D eigenvalue weighted by Crippen LogP contribution is 2.21. The Labute approximate surface area is 159 Å². The van der Waals surface area contributed by atoms with Crippen LogP contribution in [0, 0.1) is 5.92 Å². The van der Waals surface area contributed by atoms with Gasteiger partial charge in [0.05, 0.1) is 10.6 Å². The van der Waals surface area contributed by atoms with Crippen LogP contribution < -0.4 is 10.6 Å². The van der Waals surface area contributed by atoms with Crippen LogP contribution in [0.25, 0.3) is 0 Å². The van der Waals surface area contributed by atoms with E-state index in [1.165, 1.54) is 23.5 Å². The van der Waals surface area contributed by atoms with Crippen LogP contribution >= 0.6 is 34.5 Å². The molecule has 2 amide bonds. The third-order valence-corrected chi connectivity index (χ3v) is 4.94. The number of hydrogen-bond acceptors (Lipinski definition) is 5. The molecule has 6 nitrogen and oxygen atoms in total. The summed E-state index contributed by atoms with van der Waals surface area (Å²) in [7, 11) is 0. The number of hydrogen-bond donors (Lipinski definition) is 2. The largest absolute Gasteiger partial charge is 0.340 e. The molecular weight excluding hydrogens is 383 g/mol. The average molecular weight is 401 g/mol. The zero-order chi connectivity index (χ0) is 18.6. The van der Waals surface area contributed by atoms with Crippen LogP contribution in [-0.2, 0) is 11.2 Å². The molecule has 2 rings (SSSR count). The monoisotopic (exact) mass is 400 g/mol. The molecule has 2 aromatic rings. The number of carbonyl (C=O) groups is 2. The Hall–Kier alpha value is -1.70. The van der Waals surface area contributed by atoms with Crippen molar-refractivity contribution in [3.05, 3.63) is 38.8 Å². The summed E-state index contributed by atoms with van der Waals surface area (Å²) >= 11 is 13.2. The molecule has 1 heterocycles. The van der Waals surface area contributed by atoms with Crippen molar-refractivity contribution in [3.63, 3.8) is 0 Å². The molecule has 25 heavy (non-hydrogen) atoms. The molecule has 0 saturated carbocycles. The van der Waals surface area contributed by atoms with E-state index in [1.54, 1.807) is 6.07 Å². The number of rotatable bonds is 6. The van der Waals surface area contributed by atoms with Gasteiger partial charge in [0.1, 0.15) is 11.0 Å². The van der Waals surface area contributed by atoms with Gasteiger partial charge in [0.25, 0.3) is 5.91 Å². The molecule has 9 heteroatoms. The summed E-state index contributed by atoms with van der Waals surface area (Å²) < 4.78 is 0. The molecule has 0 fully saturated rings. The lowest BCUT2D eigenvalue weighted by Crippen LogP contribution is -2.47. The molecule has 0 aliphatic carbocycles. The SMILES string of the molecule is CCc1nnc(NC(=O)[C@@H](NC(=O)c2ccc(Cl)cc2Cl)C(C)C)s1. The number of amides is 2. The Bertz CT molecular complexity index is 779. The first-order valence-corrected chi connectivity index (χ1v) is 9.28. The summed E-state index contributed by atoms with van der Waals surface area (Å²) in [6.07, 6.45) is 0.743. The molecule has 0 spiro atoms. The molecule has 1 atom stereocenters. The van der Waals surface area contributed by atoms with Crippen molar-refractivity contribution in [2.45, 2.75) is 33.2 Å². The third kappa shape index (κ3) is 5.14. The lowest BCUT2D eigenvalue weighted by Gasteiger charge is -2.21. The van der Waals surface area contributed by atoms with Crippen LogP contribution in [-0.4, -0.2) is 28.1 Å². The van der Waals surface area contributed by atoms with Crippen molar-refractivity contribution in [1.82, 2.24) is 15.5 Å². The maximum atomic E-state index is 12.5. The summed E-state index contributed by atoms with van der Waals surface area (Å²) in [5, 5.41) is 15.2. The Morgan fingerprint density at radius 1 is 1.24 bits per heavy atom. The van der Waals surface area contributed by atoms with Crippen molar-refractivity contribution in [1.29, 1.82) is 0 Å². The number of nitrogens with one attached hydrogen (secondary N) is 2. The minimum atomic E-state index is -0.742. The molecule has 0 radical (unpaired) electrons. The average Bonchev–Trinajstić information content (AvgIpc) is 2.99. The number of aromatic nitrogens is 2. The van der Waals surface area contributed by atoms with Gasteiger partial charge in [0, 0.05) is 5.02 Å². The number of aryl methyl sites for hydroxylation is 1. The van der Waals surface area contributed by atoms with Gasteiger partial charge in [-0.15, -0.1) is 10.2 Å². The fraction of sp³-hybridized carbons (Fsp3) is 0.375. The zero-order valence-electron chi connectivity index (χ0n) is 14.0. The first-order valence-electron chi connectivity index (χ1n) is 7.71. The fourth-order valence-corrected chi connectivity index (χ4v) is 3.23. The van der Waals surface area contributed by atoms with Gasteiger partial charge in [-0.2, -0.15) is 0 Å². The summed E-state index contributed by atoms with van der Waals surface area (Å²) in [6.45, 7) is 5.64. The van der Waals surface area contributed by atoms with Gasteiger partial charge in [0.15, 0.2) is 0 Å². The first kappa shape index (κ1) is 19.6. The Morgan fingerprint density at radius 3 is 2.52 bits per heavy atom. The Morgan fingerprint density at radius 2 is 1.96 bits per heavy atom. The number of nitrogens with zero attached hydrogens (tertiary/aromatic N) is 2. The quantitative estimate of drug-likeness (QED) is 0.771. The van der Waals surface area contributed by atoms with E-state index in [0.29, 0.717) is 10.2 Å². The van der Waals surface area contributed by atoms with Gasteiger partial charge in [-0.1, -0.05) is 55.3 Å². The van der Waals surface area contributed by atoms with Crippen molar-refractivity contribution in [2.24, 2.45) is 5.92 Å². The molecule has 1 aromatic heterocycles. The molecular formula is C16H18Cl2N4O2S. The van der Waals surface area contributed by atoms with Crippen LogP contribution in [0.3, 0.4) is 0 Å². The van der Waals surface area contributed by atoms with E-state index in [1.807, 2.05) is 20.8 Å².